The number of aromatic nitrogens is 2. The van der Waals surface area contributed by atoms with Crippen molar-refractivity contribution in [3.8, 4) is 11.4 Å². The van der Waals surface area contributed by atoms with Crippen LogP contribution < -0.4 is 5.56 Å². The number of nitrogens with zero attached hydrogens (tertiary/aromatic N) is 1. The molecule has 3 rings (SSSR count). The highest BCUT2D eigenvalue weighted by molar-refractivity contribution is 14.1. The van der Waals surface area contributed by atoms with Gasteiger partial charge in [0.2, 0.25) is 0 Å². The van der Waals surface area contributed by atoms with Gasteiger partial charge in [0.05, 0.1) is 9.26 Å². The quantitative estimate of drug-likeness (QED) is 0.663. The lowest BCUT2D eigenvalue weighted by Crippen LogP contribution is -2.17. The van der Waals surface area contributed by atoms with Gasteiger partial charge in [0.1, 0.15) is 5.82 Å². The van der Waals surface area contributed by atoms with Crippen LogP contribution in [-0.2, 0) is 0 Å². The lowest BCUT2D eigenvalue weighted by molar-refractivity contribution is 0.802. The van der Waals surface area contributed by atoms with Crippen LogP contribution in [0.5, 0.6) is 0 Å². The van der Waals surface area contributed by atoms with E-state index in [0.717, 1.165) is 16.6 Å². The summed E-state index contributed by atoms with van der Waals surface area (Å²) in [7, 11) is 0. The van der Waals surface area contributed by atoms with Gasteiger partial charge in [-0.25, -0.2) is 4.98 Å². The number of nitrogens with one attached hydrogen (secondary N) is 1. The second-order valence-corrected chi connectivity index (χ2v) is 6.41. The van der Waals surface area contributed by atoms with Crippen LogP contribution in [0.1, 0.15) is 25.5 Å². The SMILES string of the molecule is CC(C)c1nc(-c2ccc3ccccc3c2)[nH]c(=O)c1I. The van der Waals surface area contributed by atoms with E-state index < -0.39 is 0 Å². The standard InChI is InChI=1S/C17H15IN2O/c1-10(2)15-14(18)17(21)20-16(19-15)13-8-7-11-5-3-4-6-12(11)9-13/h3-10H,1-2H3,(H,19,20,21). The number of fused-ring (bicyclic) bond motifs is 1. The van der Waals surface area contributed by atoms with Gasteiger partial charge in [-0.3, -0.25) is 4.79 Å². The maximum atomic E-state index is 12.1. The lowest BCUT2D eigenvalue weighted by atomic mass is 10.1. The molecule has 0 amide bonds. The number of hydrogen-bond acceptors (Lipinski definition) is 2. The van der Waals surface area contributed by atoms with Gasteiger partial charge >= 0.3 is 0 Å². The van der Waals surface area contributed by atoms with Gasteiger partial charge in [0, 0.05) is 5.56 Å². The zero-order valence-corrected chi connectivity index (χ0v) is 14.0. The van der Waals surface area contributed by atoms with E-state index in [1.54, 1.807) is 0 Å². The van der Waals surface area contributed by atoms with E-state index in [9.17, 15) is 4.79 Å². The molecule has 2 aromatic carbocycles. The molecule has 0 unspecified atom stereocenters. The van der Waals surface area contributed by atoms with Gasteiger partial charge in [-0.1, -0.05) is 50.2 Å². The van der Waals surface area contributed by atoms with E-state index in [-0.39, 0.29) is 11.5 Å². The summed E-state index contributed by atoms with van der Waals surface area (Å²) >= 11 is 2.06. The number of aromatic amines is 1. The Morgan fingerprint density at radius 3 is 2.52 bits per heavy atom. The average Bonchev–Trinajstić information content (AvgIpc) is 2.49. The molecule has 0 fully saturated rings. The monoisotopic (exact) mass is 390 g/mol. The lowest BCUT2D eigenvalue weighted by Gasteiger charge is -2.10. The van der Waals surface area contributed by atoms with Crippen molar-refractivity contribution in [3.05, 3.63) is 62.1 Å². The zero-order valence-electron chi connectivity index (χ0n) is 11.9. The van der Waals surface area contributed by atoms with Crippen molar-refractivity contribution in [3.63, 3.8) is 0 Å². The Labute approximate surface area is 136 Å². The van der Waals surface area contributed by atoms with Crippen LogP contribution in [0, 0.1) is 3.57 Å². The summed E-state index contributed by atoms with van der Waals surface area (Å²) in [5.41, 5.74) is 1.71. The predicted molar refractivity (Wildman–Crippen MR) is 94.6 cm³/mol. The largest absolute Gasteiger partial charge is 0.306 e. The van der Waals surface area contributed by atoms with Crippen molar-refractivity contribution in [2.24, 2.45) is 0 Å². The maximum Gasteiger partial charge on any atom is 0.264 e. The molecule has 3 nitrogen and oxygen atoms in total. The molecule has 4 heteroatoms. The molecule has 0 saturated heterocycles. The number of benzene rings is 2. The fourth-order valence-electron chi connectivity index (χ4n) is 2.33. The van der Waals surface area contributed by atoms with E-state index in [4.69, 9.17) is 0 Å². The molecule has 106 valence electrons. The van der Waals surface area contributed by atoms with Crippen LogP contribution in [0.15, 0.2) is 47.3 Å². The van der Waals surface area contributed by atoms with E-state index in [2.05, 4.69) is 56.8 Å². The Balaban J connectivity index is 2.20. The van der Waals surface area contributed by atoms with Crippen molar-refractivity contribution in [2.45, 2.75) is 19.8 Å². The molecular formula is C17H15IN2O. The number of hydrogen-bond donors (Lipinski definition) is 1. The number of H-pyrrole nitrogens is 1. The first-order chi connectivity index (χ1) is 10.1. The van der Waals surface area contributed by atoms with E-state index in [0.29, 0.717) is 9.39 Å². The number of rotatable bonds is 2. The molecule has 0 atom stereocenters. The fourth-order valence-corrected chi connectivity index (χ4v) is 3.21. The molecule has 1 heterocycles. The average molecular weight is 390 g/mol. The third-order valence-corrected chi connectivity index (χ3v) is 4.50. The van der Waals surface area contributed by atoms with E-state index in [1.807, 2.05) is 32.0 Å². The van der Waals surface area contributed by atoms with Crippen LogP contribution in [-0.4, -0.2) is 9.97 Å². The predicted octanol–water partition coefficient (Wildman–Crippen LogP) is 4.32. The highest BCUT2D eigenvalue weighted by atomic mass is 127. The summed E-state index contributed by atoms with van der Waals surface area (Å²) < 4.78 is 0.673. The molecule has 3 aromatic rings. The molecule has 1 N–H and O–H groups in total. The fraction of sp³-hybridized carbons (Fsp3) is 0.176. The second kappa shape index (κ2) is 5.60. The minimum Gasteiger partial charge on any atom is -0.306 e. The van der Waals surface area contributed by atoms with E-state index in [1.165, 1.54) is 5.39 Å². The summed E-state index contributed by atoms with van der Waals surface area (Å²) in [4.78, 5) is 19.6. The molecule has 0 aliphatic heterocycles. The molecule has 0 aliphatic rings. The summed E-state index contributed by atoms with van der Waals surface area (Å²) in [6, 6.07) is 14.3. The Hall–Kier alpha value is -1.69. The smallest absolute Gasteiger partial charge is 0.264 e. The summed E-state index contributed by atoms with van der Waals surface area (Å²) in [6.07, 6.45) is 0. The Kier molecular flexibility index (Phi) is 3.80. The molecule has 0 saturated carbocycles. The molecular weight excluding hydrogens is 375 g/mol. The maximum absolute atomic E-state index is 12.1. The Morgan fingerprint density at radius 2 is 1.81 bits per heavy atom. The van der Waals surface area contributed by atoms with E-state index >= 15 is 0 Å². The molecule has 0 bridgehead atoms. The van der Waals surface area contributed by atoms with Gasteiger partial charge in [-0.2, -0.15) is 0 Å². The Morgan fingerprint density at radius 1 is 1.10 bits per heavy atom. The first kappa shape index (κ1) is 14.3. The zero-order chi connectivity index (χ0) is 15.0. The summed E-state index contributed by atoms with van der Waals surface area (Å²) in [5.74, 6) is 0.855. The van der Waals surface area contributed by atoms with Crippen molar-refractivity contribution >= 4 is 33.4 Å². The second-order valence-electron chi connectivity index (χ2n) is 5.33. The van der Waals surface area contributed by atoms with Crippen molar-refractivity contribution < 1.29 is 0 Å². The minimum atomic E-state index is -0.0718. The van der Waals surface area contributed by atoms with Crippen LogP contribution in [0.4, 0.5) is 0 Å². The third-order valence-electron chi connectivity index (χ3n) is 3.46. The Bertz CT molecular complexity index is 868. The van der Waals surface area contributed by atoms with Gasteiger partial charge in [0.15, 0.2) is 0 Å². The van der Waals surface area contributed by atoms with Crippen LogP contribution in [0.3, 0.4) is 0 Å². The van der Waals surface area contributed by atoms with Crippen molar-refractivity contribution in [1.82, 2.24) is 9.97 Å². The summed E-state index contributed by atoms with van der Waals surface area (Å²) in [6.45, 7) is 4.10. The van der Waals surface area contributed by atoms with Gasteiger partial charge in [0.25, 0.3) is 5.56 Å². The minimum absolute atomic E-state index is 0.0718. The van der Waals surface area contributed by atoms with Crippen LogP contribution in [0.25, 0.3) is 22.2 Å². The first-order valence-corrected chi connectivity index (χ1v) is 7.93. The van der Waals surface area contributed by atoms with Crippen LogP contribution in [0.2, 0.25) is 0 Å². The normalized spacial score (nSPS) is 11.2. The van der Waals surface area contributed by atoms with Gasteiger partial charge < -0.3 is 4.98 Å². The van der Waals surface area contributed by atoms with Crippen molar-refractivity contribution in [2.75, 3.05) is 0 Å². The highest BCUT2D eigenvalue weighted by Gasteiger charge is 2.13. The van der Waals surface area contributed by atoms with Crippen molar-refractivity contribution in [1.29, 1.82) is 0 Å². The molecule has 1 aromatic heterocycles. The van der Waals surface area contributed by atoms with Gasteiger partial charge in [-0.15, -0.1) is 0 Å². The van der Waals surface area contributed by atoms with Crippen LogP contribution >= 0.6 is 22.6 Å². The topological polar surface area (TPSA) is 45.8 Å². The molecule has 0 spiro atoms. The highest BCUT2D eigenvalue weighted by Crippen LogP contribution is 2.23. The first-order valence-electron chi connectivity index (χ1n) is 6.85. The van der Waals surface area contributed by atoms with Gasteiger partial charge in [-0.05, 0) is 45.3 Å². The molecule has 0 aliphatic carbocycles. The third kappa shape index (κ3) is 2.72. The number of halogens is 1. The summed E-state index contributed by atoms with van der Waals surface area (Å²) in [5, 5.41) is 2.32. The molecule has 0 radical (unpaired) electrons. The molecule has 21 heavy (non-hydrogen) atoms.